The van der Waals surface area contributed by atoms with Gasteiger partial charge >= 0.3 is 0 Å². The number of carbonyl (C=O) groups excluding carboxylic acids is 1. The van der Waals surface area contributed by atoms with Gasteiger partial charge in [0.1, 0.15) is 11.3 Å². The Hall–Kier alpha value is -1.01. The third-order valence-corrected chi connectivity index (χ3v) is 3.31. The molecule has 0 unspecified atom stereocenters. The van der Waals surface area contributed by atoms with Gasteiger partial charge in [-0.15, -0.1) is 0 Å². The Bertz CT molecular complexity index is 346. The minimum absolute atomic E-state index is 0.135. The SMILES string of the molecule is Cc1noc(C)c1C(=O)NCCSCCCO. The average Bonchev–Trinajstić information content (AvgIpc) is 2.63. The van der Waals surface area contributed by atoms with E-state index in [1.807, 2.05) is 0 Å². The maximum atomic E-state index is 11.8. The van der Waals surface area contributed by atoms with Crippen molar-refractivity contribution in [1.29, 1.82) is 0 Å². The molecule has 0 atom stereocenters. The summed E-state index contributed by atoms with van der Waals surface area (Å²) in [6.07, 6.45) is 0.794. The monoisotopic (exact) mass is 258 g/mol. The van der Waals surface area contributed by atoms with Crippen molar-refractivity contribution < 1.29 is 14.4 Å². The van der Waals surface area contributed by atoms with Gasteiger partial charge in [-0.25, -0.2) is 0 Å². The van der Waals surface area contributed by atoms with E-state index < -0.39 is 0 Å². The summed E-state index contributed by atoms with van der Waals surface area (Å²) in [5.74, 6) is 2.17. The van der Waals surface area contributed by atoms with Crippen molar-refractivity contribution in [1.82, 2.24) is 10.5 Å². The second-order valence-corrected chi connectivity index (χ2v) is 4.87. The van der Waals surface area contributed by atoms with Crippen LogP contribution in [-0.2, 0) is 0 Å². The van der Waals surface area contributed by atoms with Crippen LogP contribution >= 0.6 is 11.8 Å². The van der Waals surface area contributed by atoms with Crippen LogP contribution in [0, 0.1) is 13.8 Å². The molecule has 0 aliphatic rings. The summed E-state index contributed by atoms with van der Waals surface area (Å²) in [6, 6.07) is 0. The first-order chi connectivity index (χ1) is 8.16. The molecule has 5 nitrogen and oxygen atoms in total. The molecule has 2 N–H and O–H groups in total. The molecule has 0 saturated heterocycles. The molecule has 96 valence electrons. The fraction of sp³-hybridized carbons (Fsp3) is 0.636. The van der Waals surface area contributed by atoms with Crippen LogP contribution in [0.25, 0.3) is 0 Å². The van der Waals surface area contributed by atoms with Crippen molar-refractivity contribution >= 4 is 17.7 Å². The molecule has 17 heavy (non-hydrogen) atoms. The molecule has 1 heterocycles. The highest BCUT2D eigenvalue weighted by molar-refractivity contribution is 7.99. The molecule has 1 aromatic rings. The number of thioether (sulfide) groups is 1. The number of hydrogen-bond acceptors (Lipinski definition) is 5. The molecule has 0 aliphatic carbocycles. The molecular formula is C11H18N2O3S. The highest BCUT2D eigenvalue weighted by Crippen LogP contribution is 2.11. The summed E-state index contributed by atoms with van der Waals surface area (Å²) < 4.78 is 4.93. The molecule has 1 amide bonds. The number of carbonyl (C=O) groups is 1. The number of rotatable bonds is 7. The van der Waals surface area contributed by atoms with E-state index in [0.29, 0.717) is 23.6 Å². The normalized spacial score (nSPS) is 10.5. The maximum absolute atomic E-state index is 11.8. The molecule has 0 aromatic carbocycles. The van der Waals surface area contributed by atoms with Gasteiger partial charge < -0.3 is 14.9 Å². The molecule has 6 heteroatoms. The third kappa shape index (κ3) is 4.40. The molecule has 0 bridgehead atoms. The summed E-state index contributed by atoms with van der Waals surface area (Å²) in [5, 5.41) is 15.2. The second kappa shape index (κ2) is 7.34. The second-order valence-electron chi connectivity index (χ2n) is 3.64. The predicted octanol–water partition coefficient (Wildman–Crippen LogP) is 1.14. The number of nitrogens with one attached hydrogen (secondary N) is 1. The van der Waals surface area contributed by atoms with Crippen molar-refractivity contribution in [2.24, 2.45) is 0 Å². The smallest absolute Gasteiger partial charge is 0.256 e. The van der Waals surface area contributed by atoms with Gasteiger partial charge in [0.25, 0.3) is 5.91 Å². The summed E-state index contributed by atoms with van der Waals surface area (Å²) in [5.41, 5.74) is 1.15. The van der Waals surface area contributed by atoms with Crippen LogP contribution in [0.3, 0.4) is 0 Å². The minimum atomic E-state index is -0.135. The number of aliphatic hydroxyl groups is 1. The molecule has 1 aromatic heterocycles. The van der Waals surface area contributed by atoms with Gasteiger partial charge in [0, 0.05) is 18.9 Å². The zero-order valence-corrected chi connectivity index (χ0v) is 11.0. The summed E-state index contributed by atoms with van der Waals surface area (Å²) >= 11 is 1.71. The Morgan fingerprint density at radius 1 is 1.47 bits per heavy atom. The van der Waals surface area contributed by atoms with Crippen molar-refractivity contribution in [3.8, 4) is 0 Å². The van der Waals surface area contributed by atoms with Crippen LogP contribution < -0.4 is 5.32 Å². The number of nitrogens with zero attached hydrogens (tertiary/aromatic N) is 1. The standard InChI is InChI=1S/C11H18N2O3S/c1-8-10(9(2)16-13-8)11(15)12-4-7-17-6-3-5-14/h14H,3-7H2,1-2H3,(H,12,15). The molecule has 0 radical (unpaired) electrons. The van der Waals surface area contributed by atoms with Gasteiger partial charge in [-0.3, -0.25) is 4.79 Å². The van der Waals surface area contributed by atoms with Crippen LogP contribution in [0.15, 0.2) is 4.52 Å². The Labute approximate surface area is 105 Å². The number of amides is 1. The number of aliphatic hydroxyl groups excluding tert-OH is 1. The highest BCUT2D eigenvalue weighted by atomic mass is 32.2. The van der Waals surface area contributed by atoms with E-state index in [0.717, 1.165) is 17.9 Å². The van der Waals surface area contributed by atoms with E-state index in [2.05, 4.69) is 10.5 Å². The summed E-state index contributed by atoms with van der Waals surface area (Å²) in [7, 11) is 0. The Morgan fingerprint density at radius 3 is 2.82 bits per heavy atom. The molecule has 0 spiro atoms. The first-order valence-electron chi connectivity index (χ1n) is 5.56. The topological polar surface area (TPSA) is 75.4 Å². The highest BCUT2D eigenvalue weighted by Gasteiger charge is 2.16. The molecule has 0 fully saturated rings. The predicted molar refractivity (Wildman–Crippen MR) is 67.3 cm³/mol. The molecular weight excluding hydrogens is 240 g/mol. The largest absolute Gasteiger partial charge is 0.396 e. The first kappa shape index (κ1) is 14.1. The van der Waals surface area contributed by atoms with E-state index in [4.69, 9.17) is 9.63 Å². The van der Waals surface area contributed by atoms with E-state index >= 15 is 0 Å². The van der Waals surface area contributed by atoms with E-state index in [9.17, 15) is 4.79 Å². The lowest BCUT2D eigenvalue weighted by Crippen LogP contribution is -2.26. The lowest BCUT2D eigenvalue weighted by atomic mass is 10.2. The number of hydrogen-bond donors (Lipinski definition) is 2. The van der Waals surface area contributed by atoms with Crippen molar-refractivity contribution in [3.05, 3.63) is 17.0 Å². The van der Waals surface area contributed by atoms with Gasteiger partial charge in [0.2, 0.25) is 0 Å². The first-order valence-corrected chi connectivity index (χ1v) is 6.72. The van der Waals surface area contributed by atoms with Gasteiger partial charge in [-0.2, -0.15) is 11.8 Å². The third-order valence-electron chi connectivity index (χ3n) is 2.24. The van der Waals surface area contributed by atoms with Crippen LogP contribution in [0.5, 0.6) is 0 Å². The Morgan fingerprint density at radius 2 is 2.24 bits per heavy atom. The van der Waals surface area contributed by atoms with Crippen molar-refractivity contribution in [2.45, 2.75) is 20.3 Å². The number of aryl methyl sites for hydroxylation is 2. The van der Waals surface area contributed by atoms with Crippen molar-refractivity contribution in [3.63, 3.8) is 0 Å². The van der Waals surface area contributed by atoms with E-state index in [1.54, 1.807) is 25.6 Å². The van der Waals surface area contributed by atoms with Crippen molar-refractivity contribution in [2.75, 3.05) is 24.7 Å². The number of aromatic nitrogens is 1. The molecule has 0 saturated carbocycles. The van der Waals surface area contributed by atoms with Crippen LogP contribution in [0.4, 0.5) is 0 Å². The van der Waals surface area contributed by atoms with E-state index in [-0.39, 0.29) is 12.5 Å². The fourth-order valence-electron chi connectivity index (χ4n) is 1.40. The van der Waals surface area contributed by atoms with E-state index in [1.165, 1.54) is 0 Å². The van der Waals surface area contributed by atoms with Crippen LogP contribution in [0.1, 0.15) is 28.2 Å². The quantitative estimate of drug-likeness (QED) is 0.717. The zero-order valence-electron chi connectivity index (χ0n) is 10.2. The molecule has 1 rings (SSSR count). The van der Waals surface area contributed by atoms with Gasteiger partial charge in [-0.1, -0.05) is 5.16 Å². The minimum Gasteiger partial charge on any atom is -0.396 e. The van der Waals surface area contributed by atoms with Gasteiger partial charge in [0.15, 0.2) is 0 Å². The van der Waals surface area contributed by atoms with Gasteiger partial charge in [0.05, 0.1) is 5.69 Å². The van der Waals surface area contributed by atoms with Gasteiger partial charge in [-0.05, 0) is 26.0 Å². The lowest BCUT2D eigenvalue weighted by molar-refractivity contribution is 0.0954. The molecule has 0 aliphatic heterocycles. The zero-order chi connectivity index (χ0) is 12.7. The summed E-state index contributed by atoms with van der Waals surface area (Å²) in [4.78, 5) is 11.8. The van der Waals surface area contributed by atoms with Crippen LogP contribution in [0.2, 0.25) is 0 Å². The Kier molecular flexibility index (Phi) is 6.07. The lowest BCUT2D eigenvalue weighted by Gasteiger charge is -2.04. The maximum Gasteiger partial charge on any atom is 0.256 e. The Balaban J connectivity index is 2.26. The fourth-order valence-corrected chi connectivity index (χ4v) is 2.18. The van der Waals surface area contributed by atoms with Crippen LogP contribution in [-0.4, -0.2) is 40.8 Å². The average molecular weight is 258 g/mol. The summed E-state index contributed by atoms with van der Waals surface area (Å²) in [6.45, 7) is 4.31.